The van der Waals surface area contributed by atoms with Crippen molar-refractivity contribution in [2.24, 2.45) is 0 Å². The zero-order chi connectivity index (χ0) is 18.7. The van der Waals surface area contributed by atoms with Gasteiger partial charge in [-0.25, -0.2) is 13.2 Å². The highest BCUT2D eigenvalue weighted by molar-refractivity contribution is 7.90. The van der Waals surface area contributed by atoms with E-state index in [0.717, 1.165) is 16.7 Å². The Morgan fingerprint density at radius 1 is 1.12 bits per heavy atom. The molecular weight excluding hydrogens is 352 g/mol. The predicted molar refractivity (Wildman–Crippen MR) is 99.7 cm³/mol. The summed E-state index contributed by atoms with van der Waals surface area (Å²) in [6.07, 6.45) is 1.86. The molecular formula is C19H22N2O4S. The first kappa shape index (κ1) is 18.4. The normalized spacial score (nSPS) is 14.5. The van der Waals surface area contributed by atoms with E-state index in [1.807, 2.05) is 25.1 Å². The minimum Gasteiger partial charge on any atom is -0.372 e. The largest absolute Gasteiger partial charge is 0.372 e. The summed E-state index contributed by atoms with van der Waals surface area (Å²) in [5.74, 6) is 0. The first-order valence-corrected chi connectivity index (χ1v) is 10.3. The van der Waals surface area contributed by atoms with Crippen LogP contribution in [0.15, 0.2) is 47.4 Å². The quantitative estimate of drug-likeness (QED) is 0.840. The van der Waals surface area contributed by atoms with Crippen molar-refractivity contribution >= 4 is 21.6 Å². The van der Waals surface area contributed by atoms with E-state index >= 15 is 0 Å². The van der Waals surface area contributed by atoms with Gasteiger partial charge in [-0.3, -0.25) is 0 Å². The van der Waals surface area contributed by atoms with E-state index in [9.17, 15) is 13.2 Å². The smallest absolute Gasteiger partial charge is 0.319 e. The van der Waals surface area contributed by atoms with E-state index < -0.39 is 9.84 Å². The lowest BCUT2D eigenvalue weighted by molar-refractivity contribution is 0.134. The first-order chi connectivity index (χ1) is 12.4. The number of urea groups is 1. The van der Waals surface area contributed by atoms with Crippen LogP contribution < -0.4 is 10.6 Å². The van der Waals surface area contributed by atoms with Gasteiger partial charge >= 0.3 is 6.03 Å². The molecule has 26 heavy (non-hydrogen) atoms. The molecule has 0 radical (unpaired) electrons. The zero-order valence-electron chi connectivity index (χ0n) is 14.8. The van der Waals surface area contributed by atoms with E-state index in [2.05, 4.69) is 10.6 Å². The Balaban J connectivity index is 1.66. The summed E-state index contributed by atoms with van der Waals surface area (Å²) in [4.78, 5) is 12.6. The van der Waals surface area contributed by atoms with E-state index in [-0.39, 0.29) is 17.0 Å². The maximum Gasteiger partial charge on any atom is 0.319 e. The van der Waals surface area contributed by atoms with Gasteiger partial charge in [-0.05, 0) is 47.4 Å². The Morgan fingerprint density at radius 3 is 2.46 bits per heavy atom. The van der Waals surface area contributed by atoms with Crippen LogP contribution in [0.4, 0.5) is 10.5 Å². The van der Waals surface area contributed by atoms with E-state index in [4.69, 9.17) is 4.74 Å². The van der Waals surface area contributed by atoms with Gasteiger partial charge in [0.2, 0.25) is 0 Å². The van der Waals surface area contributed by atoms with Crippen LogP contribution in [0.5, 0.6) is 0 Å². The molecule has 0 spiro atoms. The summed E-state index contributed by atoms with van der Waals surface area (Å²) in [5, 5.41) is 5.77. The molecule has 0 bridgehead atoms. The molecule has 0 saturated heterocycles. The number of ether oxygens (including phenoxy) is 1. The van der Waals surface area contributed by atoms with Gasteiger partial charge in [0.15, 0.2) is 9.84 Å². The fourth-order valence-corrected chi connectivity index (χ4v) is 3.57. The monoisotopic (exact) mass is 374 g/mol. The molecule has 138 valence electrons. The number of nitrogens with one attached hydrogen (secondary N) is 2. The number of carbonyl (C=O) groups is 1. The molecule has 1 aliphatic heterocycles. The van der Waals surface area contributed by atoms with Gasteiger partial charge < -0.3 is 15.4 Å². The number of amides is 2. The van der Waals surface area contributed by atoms with Crippen LogP contribution in [-0.4, -0.2) is 20.7 Å². The molecule has 2 aromatic rings. The molecule has 7 heteroatoms. The molecule has 0 aliphatic carbocycles. The Labute approximate surface area is 153 Å². The Morgan fingerprint density at radius 2 is 1.81 bits per heavy atom. The summed E-state index contributed by atoms with van der Waals surface area (Å²) in [7, 11) is -3.23. The van der Waals surface area contributed by atoms with Crippen LogP contribution in [0, 0.1) is 0 Å². The maximum atomic E-state index is 12.3. The van der Waals surface area contributed by atoms with Crippen LogP contribution in [0.2, 0.25) is 0 Å². The van der Waals surface area contributed by atoms with Crippen molar-refractivity contribution in [3.05, 3.63) is 59.2 Å². The van der Waals surface area contributed by atoms with Crippen LogP contribution in [0.3, 0.4) is 0 Å². The minimum absolute atomic E-state index is 0.207. The molecule has 2 aromatic carbocycles. The summed E-state index contributed by atoms with van der Waals surface area (Å²) >= 11 is 0. The summed E-state index contributed by atoms with van der Waals surface area (Å²) in [6, 6.07) is 11.8. The molecule has 6 nitrogen and oxygen atoms in total. The van der Waals surface area contributed by atoms with E-state index in [1.54, 1.807) is 24.3 Å². The Bertz CT molecular complexity index is 908. The van der Waals surface area contributed by atoms with Crippen molar-refractivity contribution in [2.45, 2.75) is 37.5 Å². The number of carbonyl (C=O) groups excluding carboxylic acids is 1. The van der Waals surface area contributed by atoms with Gasteiger partial charge in [0.25, 0.3) is 0 Å². The van der Waals surface area contributed by atoms with Gasteiger partial charge in [0, 0.05) is 11.9 Å². The highest BCUT2D eigenvalue weighted by atomic mass is 32.2. The lowest BCUT2D eigenvalue weighted by atomic mass is 10.1. The minimum atomic E-state index is -3.23. The average molecular weight is 374 g/mol. The van der Waals surface area contributed by atoms with Crippen LogP contribution in [-0.2, 0) is 27.8 Å². The molecule has 0 unspecified atom stereocenters. The number of hydrogen-bond donors (Lipinski definition) is 2. The van der Waals surface area contributed by atoms with Crippen LogP contribution >= 0.6 is 0 Å². The molecule has 0 fully saturated rings. The van der Waals surface area contributed by atoms with Crippen molar-refractivity contribution in [2.75, 3.05) is 11.6 Å². The molecule has 3 rings (SSSR count). The molecule has 0 saturated carbocycles. The zero-order valence-corrected chi connectivity index (χ0v) is 15.6. The fraction of sp³-hybridized carbons (Fsp3) is 0.316. The van der Waals surface area contributed by atoms with E-state index in [1.165, 1.54) is 6.26 Å². The van der Waals surface area contributed by atoms with Crippen molar-refractivity contribution in [3.8, 4) is 0 Å². The Kier molecular flexibility index (Phi) is 5.29. The topological polar surface area (TPSA) is 84.5 Å². The number of rotatable bonds is 5. The third-order valence-corrected chi connectivity index (χ3v) is 5.53. The first-order valence-electron chi connectivity index (χ1n) is 8.44. The van der Waals surface area contributed by atoms with Crippen molar-refractivity contribution in [1.29, 1.82) is 0 Å². The second-order valence-electron chi connectivity index (χ2n) is 6.38. The van der Waals surface area contributed by atoms with Gasteiger partial charge in [-0.2, -0.15) is 0 Å². The SMILES string of the molecule is CC[C@H](NC(=O)Nc1ccc2c(c1)COC2)c1ccc(S(C)(=O)=O)cc1. The second kappa shape index (κ2) is 7.47. The standard InChI is InChI=1S/C19H22N2O4S/c1-3-18(13-5-8-17(9-6-13)26(2,23)24)21-19(22)20-16-7-4-14-11-25-12-15(14)10-16/h4-10,18H,3,11-12H2,1-2H3,(H2,20,21,22)/t18-/m0/s1. The van der Waals surface area contributed by atoms with Gasteiger partial charge in [-0.15, -0.1) is 0 Å². The lowest BCUT2D eigenvalue weighted by Crippen LogP contribution is -2.32. The molecule has 1 aliphatic rings. The van der Waals surface area contributed by atoms with Gasteiger partial charge in [0.1, 0.15) is 0 Å². The van der Waals surface area contributed by atoms with E-state index in [0.29, 0.717) is 25.3 Å². The molecule has 0 aromatic heterocycles. The summed E-state index contributed by atoms with van der Waals surface area (Å²) in [6.45, 7) is 3.14. The Hall–Kier alpha value is -2.38. The number of benzene rings is 2. The fourth-order valence-electron chi connectivity index (χ4n) is 2.94. The van der Waals surface area contributed by atoms with Gasteiger partial charge in [0.05, 0.1) is 24.2 Å². The molecule has 2 N–H and O–H groups in total. The van der Waals surface area contributed by atoms with Crippen molar-refractivity contribution in [3.63, 3.8) is 0 Å². The molecule has 2 amide bonds. The number of anilines is 1. The number of hydrogen-bond acceptors (Lipinski definition) is 4. The number of sulfone groups is 1. The van der Waals surface area contributed by atoms with Crippen molar-refractivity contribution < 1.29 is 17.9 Å². The van der Waals surface area contributed by atoms with Gasteiger partial charge in [-0.1, -0.05) is 25.1 Å². The third kappa shape index (κ3) is 4.23. The maximum absolute atomic E-state index is 12.3. The second-order valence-corrected chi connectivity index (χ2v) is 8.39. The summed E-state index contributed by atoms with van der Waals surface area (Å²) in [5.41, 5.74) is 3.81. The number of fused-ring (bicyclic) bond motifs is 1. The van der Waals surface area contributed by atoms with Crippen LogP contribution in [0.1, 0.15) is 36.1 Å². The summed E-state index contributed by atoms with van der Waals surface area (Å²) < 4.78 is 28.5. The third-order valence-electron chi connectivity index (χ3n) is 4.40. The van der Waals surface area contributed by atoms with Crippen LogP contribution in [0.25, 0.3) is 0 Å². The predicted octanol–water partition coefficient (Wildman–Crippen LogP) is 3.39. The molecule has 1 atom stereocenters. The highest BCUT2D eigenvalue weighted by Gasteiger charge is 2.16. The van der Waals surface area contributed by atoms with Crippen molar-refractivity contribution in [1.82, 2.24) is 5.32 Å². The average Bonchev–Trinajstić information content (AvgIpc) is 3.07. The highest BCUT2D eigenvalue weighted by Crippen LogP contribution is 2.24. The lowest BCUT2D eigenvalue weighted by Gasteiger charge is -2.18. The molecule has 1 heterocycles.